The maximum atomic E-state index is 13.5. The number of imidazole rings is 1. The Kier molecular flexibility index (Phi) is 18.8. The van der Waals surface area contributed by atoms with Crippen LogP contribution >= 0.6 is 7.60 Å². The fourth-order valence-electron chi connectivity index (χ4n) is 5.11. The summed E-state index contributed by atoms with van der Waals surface area (Å²) in [5, 5.41) is 0. The zero-order chi connectivity index (χ0) is 32.7. The molecule has 0 amide bonds. The Morgan fingerprint density at radius 2 is 1.52 bits per heavy atom. The van der Waals surface area contributed by atoms with Crippen LogP contribution in [-0.4, -0.2) is 57.3 Å². The smallest absolute Gasteiger partial charge is 0.356 e. The summed E-state index contributed by atoms with van der Waals surface area (Å²) in [7, 11) is -3.57. The zero-order valence-electron chi connectivity index (χ0n) is 27.7. The first-order chi connectivity index (χ1) is 22.5. The van der Waals surface area contributed by atoms with Crippen LogP contribution in [0.2, 0.25) is 0 Å². The summed E-state index contributed by atoms with van der Waals surface area (Å²) in [4.78, 5) is 26.7. The van der Waals surface area contributed by atoms with Crippen molar-refractivity contribution >= 4 is 24.7 Å². The van der Waals surface area contributed by atoms with Crippen LogP contribution in [0.3, 0.4) is 0 Å². The largest absolute Gasteiger partial charge is 0.381 e. The second-order valence-corrected chi connectivity index (χ2v) is 13.7. The van der Waals surface area contributed by atoms with Crippen molar-refractivity contribution < 1.29 is 23.1 Å². The molecule has 0 aliphatic rings. The quantitative estimate of drug-likeness (QED) is 0.0594. The van der Waals surface area contributed by atoms with E-state index in [9.17, 15) is 9.36 Å². The Morgan fingerprint density at radius 1 is 0.848 bits per heavy atom. The minimum absolute atomic E-state index is 0.00504. The molecule has 258 valence electrons. The molecule has 0 aromatic carbocycles. The number of aromatic nitrogens is 5. The number of hydrogen-bond donors (Lipinski definition) is 2. The van der Waals surface area contributed by atoms with Crippen molar-refractivity contribution in [2.45, 2.75) is 116 Å². The number of nitrogens with one attached hydrogen (secondary N) is 1. The van der Waals surface area contributed by atoms with Gasteiger partial charge in [-0.05, 0) is 24.5 Å². The van der Waals surface area contributed by atoms with Gasteiger partial charge in [-0.25, -0.2) is 4.98 Å². The Bertz CT molecular complexity index is 1320. The predicted molar refractivity (Wildman–Crippen MR) is 182 cm³/mol. The second kappa shape index (κ2) is 22.8. The third-order valence-electron chi connectivity index (χ3n) is 7.73. The Labute approximate surface area is 273 Å². The fraction of sp³-hybridized carbons (Fsp3) is 0.697. The van der Waals surface area contributed by atoms with E-state index in [-0.39, 0.29) is 37.6 Å². The average molecular weight is 663 g/mol. The molecule has 0 saturated heterocycles. The number of unbranched alkanes of at least 4 members (excludes halogenated alkanes) is 13. The maximum absolute atomic E-state index is 13.5. The summed E-state index contributed by atoms with van der Waals surface area (Å²) in [5.41, 5.74) is 6.58. The van der Waals surface area contributed by atoms with Gasteiger partial charge < -0.3 is 28.8 Å². The van der Waals surface area contributed by atoms with Gasteiger partial charge in [-0.3, -0.25) is 19.3 Å². The van der Waals surface area contributed by atoms with Gasteiger partial charge in [-0.1, -0.05) is 96.5 Å². The van der Waals surface area contributed by atoms with Crippen LogP contribution in [0, 0.1) is 0 Å². The summed E-state index contributed by atoms with van der Waals surface area (Å²) in [6.45, 7) is 4.34. The molecule has 3 rings (SSSR count). The van der Waals surface area contributed by atoms with Crippen LogP contribution in [0.25, 0.3) is 11.2 Å². The van der Waals surface area contributed by atoms with Crippen LogP contribution in [0.4, 0.5) is 5.95 Å². The van der Waals surface area contributed by atoms with E-state index in [1.54, 1.807) is 23.0 Å². The van der Waals surface area contributed by atoms with Gasteiger partial charge in [0.25, 0.3) is 5.56 Å². The summed E-state index contributed by atoms with van der Waals surface area (Å²) in [6, 6.07) is 3.63. The van der Waals surface area contributed by atoms with E-state index in [4.69, 9.17) is 24.3 Å². The second-order valence-electron chi connectivity index (χ2n) is 11.7. The topological polar surface area (TPSA) is 156 Å². The van der Waals surface area contributed by atoms with E-state index in [1.807, 2.05) is 6.07 Å². The highest BCUT2D eigenvalue weighted by Crippen LogP contribution is 2.49. The average Bonchev–Trinajstić information content (AvgIpc) is 3.46. The molecule has 12 nitrogen and oxygen atoms in total. The Balaban J connectivity index is 1.25. The van der Waals surface area contributed by atoms with Crippen LogP contribution in [-0.2, 0) is 36.2 Å². The monoisotopic (exact) mass is 662 g/mol. The molecular formula is C33H55N6O6P. The predicted octanol–water partition coefficient (Wildman–Crippen LogP) is 7.39. The SMILES string of the molecule is CCCCCCCCCCCCCCCCOCCCOP(=O)(COCCn1cnc2c(=O)[nH]c(N)nc21)OCc1cccnc1. The van der Waals surface area contributed by atoms with Crippen molar-refractivity contribution in [2.75, 3.05) is 38.5 Å². The van der Waals surface area contributed by atoms with Gasteiger partial charge in [-0.15, -0.1) is 0 Å². The van der Waals surface area contributed by atoms with Gasteiger partial charge in [-0.2, -0.15) is 4.98 Å². The van der Waals surface area contributed by atoms with Crippen molar-refractivity contribution in [1.82, 2.24) is 24.5 Å². The molecule has 1 unspecified atom stereocenters. The fourth-order valence-corrected chi connectivity index (χ4v) is 6.44. The highest BCUT2D eigenvalue weighted by Gasteiger charge is 2.25. The number of nitrogen functional groups attached to an aromatic ring is 1. The number of ether oxygens (including phenoxy) is 2. The van der Waals surface area contributed by atoms with Gasteiger partial charge in [0.2, 0.25) is 5.95 Å². The van der Waals surface area contributed by atoms with Crippen molar-refractivity contribution in [3.63, 3.8) is 0 Å². The van der Waals surface area contributed by atoms with Gasteiger partial charge in [0.1, 0.15) is 6.35 Å². The van der Waals surface area contributed by atoms with Crippen LogP contribution < -0.4 is 11.3 Å². The summed E-state index contributed by atoms with van der Waals surface area (Å²) in [5.74, 6) is 0.00504. The molecule has 0 aliphatic heterocycles. The number of aromatic amines is 1. The molecule has 0 saturated carbocycles. The van der Waals surface area contributed by atoms with Crippen LogP contribution in [0.5, 0.6) is 0 Å². The normalized spacial score (nSPS) is 13.0. The number of nitrogens with two attached hydrogens (primary N) is 1. The molecule has 3 heterocycles. The maximum Gasteiger partial charge on any atom is 0.356 e. The lowest BCUT2D eigenvalue weighted by Gasteiger charge is -2.19. The lowest BCUT2D eigenvalue weighted by atomic mass is 10.0. The molecule has 3 aromatic heterocycles. The number of pyridine rings is 1. The van der Waals surface area contributed by atoms with Gasteiger partial charge in [0.15, 0.2) is 11.2 Å². The number of H-pyrrole nitrogens is 1. The molecular weight excluding hydrogens is 607 g/mol. The minimum Gasteiger partial charge on any atom is -0.381 e. The van der Waals surface area contributed by atoms with E-state index >= 15 is 0 Å². The Morgan fingerprint density at radius 3 is 2.20 bits per heavy atom. The first-order valence-electron chi connectivity index (χ1n) is 17.1. The first-order valence-corrected chi connectivity index (χ1v) is 18.9. The summed E-state index contributed by atoms with van der Waals surface area (Å²) < 4.78 is 38.1. The number of anilines is 1. The van der Waals surface area contributed by atoms with Crippen molar-refractivity contribution in [3.05, 3.63) is 46.8 Å². The third-order valence-corrected chi connectivity index (χ3v) is 9.33. The molecule has 1 atom stereocenters. The van der Waals surface area contributed by atoms with E-state index in [2.05, 4.69) is 26.9 Å². The molecule has 46 heavy (non-hydrogen) atoms. The highest BCUT2D eigenvalue weighted by atomic mass is 31.2. The number of rotatable bonds is 28. The van der Waals surface area contributed by atoms with E-state index < -0.39 is 13.2 Å². The molecule has 0 radical (unpaired) electrons. The summed E-state index contributed by atoms with van der Waals surface area (Å²) in [6.07, 6.45) is 23.8. The van der Waals surface area contributed by atoms with Crippen molar-refractivity contribution in [2.24, 2.45) is 0 Å². The lowest BCUT2D eigenvalue weighted by molar-refractivity contribution is 0.0979. The summed E-state index contributed by atoms with van der Waals surface area (Å²) >= 11 is 0. The molecule has 0 fully saturated rings. The Hall–Kier alpha value is -2.63. The van der Waals surface area contributed by atoms with Gasteiger partial charge in [0.05, 0.1) is 26.1 Å². The van der Waals surface area contributed by atoms with Gasteiger partial charge >= 0.3 is 7.60 Å². The van der Waals surface area contributed by atoms with E-state index in [0.717, 1.165) is 18.6 Å². The standard InChI is InChI=1S/C33H55N6O6P/c1-2-3-4-5-6-7-8-9-10-11-12-13-14-15-21-42-22-17-23-44-46(41,45-26-29-18-16-19-35-25-29)28-43-24-20-39-27-36-30-31(39)37-33(34)38-32(30)40/h16,18-19,25,27H,2-15,17,20-24,26,28H2,1H3,(H3,34,37,38,40). The highest BCUT2D eigenvalue weighted by molar-refractivity contribution is 7.53. The van der Waals surface area contributed by atoms with Crippen LogP contribution in [0.1, 0.15) is 109 Å². The minimum atomic E-state index is -3.57. The number of hydrogen-bond acceptors (Lipinski definition) is 10. The lowest BCUT2D eigenvalue weighted by Crippen LogP contribution is -2.13. The molecule has 3 N–H and O–H groups in total. The van der Waals surface area contributed by atoms with Crippen LogP contribution in [0.15, 0.2) is 35.6 Å². The first kappa shape index (κ1) is 37.8. The molecule has 0 bridgehead atoms. The van der Waals surface area contributed by atoms with E-state index in [1.165, 1.54) is 89.8 Å². The molecule has 3 aromatic rings. The van der Waals surface area contributed by atoms with Crippen molar-refractivity contribution in [1.29, 1.82) is 0 Å². The third kappa shape index (κ3) is 15.3. The van der Waals surface area contributed by atoms with E-state index in [0.29, 0.717) is 25.2 Å². The molecule has 0 spiro atoms. The molecule has 0 aliphatic carbocycles. The molecule has 13 heteroatoms. The number of fused-ring (bicyclic) bond motifs is 1. The zero-order valence-corrected chi connectivity index (χ0v) is 28.6. The number of nitrogens with zero attached hydrogens (tertiary/aromatic N) is 4. The van der Waals surface area contributed by atoms with Crippen molar-refractivity contribution in [3.8, 4) is 0 Å². The van der Waals surface area contributed by atoms with Gasteiger partial charge in [0, 0.05) is 32.2 Å².